The highest BCUT2D eigenvalue weighted by Crippen LogP contribution is 2.19. The molecule has 1 aliphatic rings. The number of hydrogen-bond acceptors (Lipinski definition) is 6. The van der Waals surface area contributed by atoms with E-state index in [1.54, 1.807) is 0 Å². The molecule has 5 N–H and O–H groups in total. The fourth-order valence-corrected chi connectivity index (χ4v) is 1.85. The first-order valence-corrected chi connectivity index (χ1v) is 6.11. The van der Waals surface area contributed by atoms with Crippen LogP contribution in [0.1, 0.15) is 26.2 Å². The Bertz CT molecular complexity index is 274. The minimum atomic E-state index is -1.45. The Morgan fingerprint density at radius 2 is 1.94 bits per heavy atom. The van der Waals surface area contributed by atoms with Gasteiger partial charge in [-0.2, -0.15) is 0 Å². The third-order valence-electron chi connectivity index (χ3n) is 2.99. The van der Waals surface area contributed by atoms with Gasteiger partial charge in [0.25, 0.3) is 0 Å². The number of rotatable bonds is 5. The van der Waals surface area contributed by atoms with E-state index in [4.69, 9.17) is 9.84 Å². The van der Waals surface area contributed by atoms with Gasteiger partial charge in [0.1, 0.15) is 24.4 Å². The van der Waals surface area contributed by atoms with E-state index < -0.39 is 37.3 Å². The maximum absolute atomic E-state index is 11.5. The second kappa shape index (κ2) is 7.01. The van der Waals surface area contributed by atoms with Crippen LogP contribution in [0, 0.1) is 0 Å². The second-order valence-corrected chi connectivity index (χ2v) is 4.43. The van der Waals surface area contributed by atoms with Crippen molar-refractivity contribution in [3.05, 3.63) is 0 Å². The highest BCUT2D eigenvalue weighted by molar-refractivity contribution is 5.76. The summed E-state index contributed by atoms with van der Waals surface area (Å²) in [4.78, 5) is 11.5. The van der Waals surface area contributed by atoms with Gasteiger partial charge in [-0.3, -0.25) is 4.79 Å². The van der Waals surface area contributed by atoms with Gasteiger partial charge in [0.05, 0.1) is 6.61 Å². The zero-order chi connectivity index (χ0) is 13.7. The summed E-state index contributed by atoms with van der Waals surface area (Å²) in [5.41, 5.74) is 0. The van der Waals surface area contributed by atoms with Crippen LogP contribution in [-0.4, -0.2) is 63.6 Å². The monoisotopic (exact) mass is 263 g/mol. The van der Waals surface area contributed by atoms with Crippen molar-refractivity contribution in [1.82, 2.24) is 5.32 Å². The number of aliphatic hydroxyl groups is 4. The Hall–Kier alpha value is -0.730. The van der Waals surface area contributed by atoms with Crippen molar-refractivity contribution >= 4 is 5.91 Å². The Morgan fingerprint density at radius 1 is 1.28 bits per heavy atom. The Balaban J connectivity index is 2.57. The first-order valence-electron chi connectivity index (χ1n) is 6.11. The third-order valence-corrected chi connectivity index (χ3v) is 2.99. The lowest BCUT2D eigenvalue weighted by atomic mass is 9.97. The lowest BCUT2D eigenvalue weighted by Gasteiger charge is -2.40. The van der Waals surface area contributed by atoms with Gasteiger partial charge in [-0.15, -0.1) is 0 Å². The first kappa shape index (κ1) is 15.3. The predicted molar refractivity (Wildman–Crippen MR) is 61.4 cm³/mol. The van der Waals surface area contributed by atoms with E-state index in [1.807, 2.05) is 6.92 Å². The molecule has 1 saturated heterocycles. The number of ether oxygens (including phenoxy) is 1. The molecule has 0 aliphatic carbocycles. The van der Waals surface area contributed by atoms with Crippen LogP contribution in [-0.2, 0) is 9.53 Å². The Morgan fingerprint density at radius 3 is 2.50 bits per heavy atom. The molecule has 5 atom stereocenters. The number of nitrogens with one attached hydrogen (secondary N) is 1. The second-order valence-electron chi connectivity index (χ2n) is 4.43. The van der Waals surface area contributed by atoms with Gasteiger partial charge in [-0.05, 0) is 6.42 Å². The van der Waals surface area contributed by atoms with Gasteiger partial charge in [-0.25, -0.2) is 0 Å². The molecule has 106 valence electrons. The normalized spacial score (nSPS) is 36.4. The van der Waals surface area contributed by atoms with Crippen LogP contribution in [0.3, 0.4) is 0 Å². The molecule has 0 aromatic carbocycles. The zero-order valence-electron chi connectivity index (χ0n) is 10.3. The number of aliphatic hydroxyl groups excluding tert-OH is 4. The van der Waals surface area contributed by atoms with Gasteiger partial charge >= 0.3 is 0 Å². The number of carbonyl (C=O) groups is 1. The van der Waals surface area contributed by atoms with E-state index in [0.29, 0.717) is 6.42 Å². The molecule has 1 aliphatic heterocycles. The molecular formula is C11H21NO6. The molecule has 1 heterocycles. The Kier molecular flexibility index (Phi) is 5.97. The maximum Gasteiger partial charge on any atom is 0.220 e. The lowest BCUT2D eigenvalue weighted by Crippen LogP contribution is -2.64. The standard InChI is InChI=1S/C11H21NO6/c1-2-3-4-7(14)12-8-10(16)9(15)6(5-13)18-11(8)17/h6,8-11,13,15-17H,2-5H2,1H3,(H,12,14)/t6-,8-,9-,10-,11-/m1/s1. The van der Waals surface area contributed by atoms with Crippen molar-refractivity contribution in [3.63, 3.8) is 0 Å². The average molecular weight is 263 g/mol. The van der Waals surface area contributed by atoms with Crippen LogP contribution in [0.4, 0.5) is 0 Å². The fraction of sp³-hybridized carbons (Fsp3) is 0.909. The summed E-state index contributed by atoms with van der Waals surface area (Å²) in [7, 11) is 0. The molecule has 1 amide bonds. The number of amides is 1. The van der Waals surface area contributed by atoms with Crippen LogP contribution in [0.5, 0.6) is 0 Å². The molecule has 1 rings (SSSR count). The maximum atomic E-state index is 11.5. The molecule has 7 nitrogen and oxygen atoms in total. The quantitative estimate of drug-likeness (QED) is 0.395. The summed E-state index contributed by atoms with van der Waals surface area (Å²) in [5, 5.41) is 40.3. The van der Waals surface area contributed by atoms with E-state index in [2.05, 4.69) is 5.32 Å². The summed E-state index contributed by atoms with van der Waals surface area (Å²) in [6.45, 7) is 1.42. The van der Waals surface area contributed by atoms with Crippen LogP contribution in [0.15, 0.2) is 0 Å². The number of unbranched alkanes of at least 4 members (excludes halogenated alkanes) is 1. The SMILES string of the molecule is CCCCC(=O)N[C@@H]1[C@@H](O)[C@H](O)[C@@H](CO)O[C@H]1O. The van der Waals surface area contributed by atoms with Crippen molar-refractivity contribution < 1.29 is 30.0 Å². The van der Waals surface area contributed by atoms with Crippen LogP contribution >= 0.6 is 0 Å². The summed E-state index contributed by atoms with van der Waals surface area (Å²) >= 11 is 0. The van der Waals surface area contributed by atoms with Gasteiger partial charge in [-0.1, -0.05) is 13.3 Å². The number of hydrogen-bond donors (Lipinski definition) is 5. The fourth-order valence-electron chi connectivity index (χ4n) is 1.85. The molecule has 0 saturated carbocycles. The topological polar surface area (TPSA) is 119 Å². The van der Waals surface area contributed by atoms with Gasteiger partial charge in [0, 0.05) is 6.42 Å². The molecule has 0 aromatic rings. The van der Waals surface area contributed by atoms with Crippen molar-refractivity contribution in [2.75, 3.05) is 6.61 Å². The zero-order valence-corrected chi connectivity index (χ0v) is 10.3. The van der Waals surface area contributed by atoms with Crippen molar-refractivity contribution in [2.24, 2.45) is 0 Å². The largest absolute Gasteiger partial charge is 0.394 e. The number of carbonyl (C=O) groups excluding carboxylic acids is 1. The molecule has 1 fully saturated rings. The molecular weight excluding hydrogens is 242 g/mol. The van der Waals surface area contributed by atoms with Gasteiger partial charge in [0.15, 0.2) is 6.29 Å². The van der Waals surface area contributed by atoms with Gasteiger partial charge in [0.2, 0.25) is 5.91 Å². The smallest absolute Gasteiger partial charge is 0.220 e. The van der Waals surface area contributed by atoms with E-state index in [1.165, 1.54) is 0 Å². The molecule has 18 heavy (non-hydrogen) atoms. The lowest BCUT2D eigenvalue weighted by molar-refractivity contribution is -0.253. The predicted octanol–water partition coefficient (Wildman–Crippen LogP) is -1.91. The minimum absolute atomic E-state index is 0.284. The van der Waals surface area contributed by atoms with Crippen LogP contribution < -0.4 is 5.32 Å². The van der Waals surface area contributed by atoms with Crippen LogP contribution in [0.25, 0.3) is 0 Å². The third kappa shape index (κ3) is 3.63. The van der Waals surface area contributed by atoms with Crippen molar-refractivity contribution in [2.45, 2.75) is 56.8 Å². The van der Waals surface area contributed by atoms with E-state index in [9.17, 15) is 20.1 Å². The summed E-state index contributed by atoms with van der Waals surface area (Å²) in [5.74, 6) is -0.321. The highest BCUT2D eigenvalue weighted by atomic mass is 16.6. The molecule has 0 radical (unpaired) electrons. The van der Waals surface area contributed by atoms with E-state index in [0.717, 1.165) is 6.42 Å². The summed E-state index contributed by atoms with van der Waals surface area (Å²) in [6, 6.07) is -1.09. The summed E-state index contributed by atoms with van der Waals surface area (Å²) in [6.07, 6.45) is -3.40. The molecule has 0 bridgehead atoms. The van der Waals surface area contributed by atoms with E-state index >= 15 is 0 Å². The van der Waals surface area contributed by atoms with Crippen molar-refractivity contribution in [3.8, 4) is 0 Å². The van der Waals surface area contributed by atoms with Crippen LogP contribution in [0.2, 0.25) is 0 Å². The average Bonchev–Trinajstić information content (AvgIpc) is 2.36. The molecule has 0 unspecified atom stereocenters. The molecule has 7 heteroatoms. The Labute approximate surface area is 105 Å². The minimum Gasteiger partial charge on any atom is -0.394 e. The van der Waals surface area contributed by atoms with Gasteiger partial charge < -0.3 is 30.5 Å². The first-order chi connectivity index (χ1) is 8.51. The van der Waals surface area contributed by atoms with Crippen molar-refractivity contribution in [1.29, 1.82) is 0 Å². The molecule has 0 spiro atoms. The highest BCUT2D eigenvalue weighted by Gasteiger charge is 2.44. The molecule has 0 aromatic heterocycles. The van der Waals surface area contributed by atoms with E-state index in [-0.39, 0.29) is 12.3 Å². The summed E-state index contributed by atoms with van der Waals surface area (Å²) < 4.78 is 4.92.